The fourth-order valence-corrected chi connectivity index (χ4v) is 3.28. The first kappa shape index (κ1) is 18.3. The van der Waals surface area contributed by atoms with Gasteiger partial charge in [-0.25, -0.2) is 4.79 Å². The van der Waals surface area contributed by atoms with Gasteiger partial charge in [-0.1, -0.05) is 24.3 Å². The number of aryl methyl sites for hydroxylation is 1. The van der Waals surface area contributed by atoms with Gasteiger partial charge in [0.15, 0.2) is 0 Å². The fraction of sp³-hybridized carbons (Fsp3) is 0.364. The van der Waals surface area contributed by atoms with Gasteiger partial charge in [-0.15, -0.1) is 0 Å². The van der Waals surface area contributed by atoms with Crippen LogP contribution in [0.25, 0.3) is 0 Å². The molecular formula is C22H25N3O3. The van der Waals surface area contributed by atoms with Crippen LogP contribution in [0, 0.1) is 0 Å². The van der Waals surface area contributed by atoms with Crippen molar-refractivity contribution in [2.45, 2.75) is 44.7 Å². The normalized spacial score (nSPS) is 15.1. The van der Waals surface area contributed by atoms with Crippen molar-refractivity contribution in [3.05, 3.63) is 59.2 Å². The molecule has 1 heterocycles. The fourth-order valence-electron chi connectivity index (χ4n) is 3.28. The summed E-state index contributed by atoms with van der Waals surface area (Å²) in [6.45, 7) is 1.23. The van der Waals surface area contributed by atoms with Crippen LogP contribution in [0.4, 0.5) is 10.5 Å². The summed E-state index contributed by atoms with van der Waals surface area (Å²) >= 11 is 0. The molecule has 1 saturated carbocycles. The summed E-state index contributed by atoms with van der Waals surface area (Å²) in [4.78, 5) is 24.0. The lowest BCUT2D eigenvalue weighted by molar-refractivity contribution is -0.120. The molecule has 1 aliphatic heterocycles. The third-order valence-electron chi connectivity index (χ3n) is 4.94. The second kappa shape index (κ2) is 8.33. The molecule has 2 aromatic carbocycles. The quantitative estimate of drug-likeness (QED) is 0.721. The van der Waals surface area contributed by atoms with Crippen molar-refractivity contribution in [3.8, 4) is 5.75 Å². The Hall–Kier alpha value is -3.02. The molecule has 0 radical (unpaired) electrons. The van der Waals surface area contributed by atoms with Crippen molar-refractivity contribution in [1.29, 1.82) is 0 Å². The van der Waals surface area contributed by atoms with E-state index in [1.54, 1.807) is 0 Å². The molecule has 0 saturated heterocycles. The van der Waals surface area contributed by atoms with E-state index in [-0.39, 0.29) is 11.9 Å². The molecule has 0 bridgehead atoms. The Bertz CT molecular complexity index is 860. The van der Waals surface area contributed by atoms with Gasteiger partial charge >= 0.3 is 6.03 Å². The highest BCUT2D eigenvalue weighted by molar-refractivity contribution is 5.89. The molecule has 28 heavy (non-hydrogen) atoms. The molecule has 0 spiro atoms. The van der Waals surface area contributed by atoms with Gasteiger partial charge in [0.05, 0.1) is 13.0 Å². The first-order valence-electron chi connectivity index (χ1n) is 9.83. The summed E-state index contributed by atoms with van der Waals surface area (Å²) in [7, 11) is 0. The van der Waals surface area contributed by atoms with Gasteiger partial charge in [-0.05, 0) is 60.6 Å². The van der Waals surface area contributed by atoms with Crippen molar-refractivity contribution < 1.29 is 14.3 Å². The summed E-state index contributed by atoms with van der Waals surface area (Å²) < 4.78 is 5.61. The van der Waals surface area contributed by atoms with E-state index in [2.05, 4.69) is 22.0 Å². The monoisotopic (exact) mass is 379 g/mol. The predicted octanol–water partition coefficient (Wildman–Crippen LogP) is 3.15. The molecule has 1 fully saturated rings. The summed E-state index contributed by atoms with van der Waals surface area (Å²) in [5.74, 6) is 1.00. The third-order valence-corrected chi connectivity index (χ3v) is 4.94. The third kappa shape index (κ3) is 5.03. The highest BCUT2D eigenvalue weighted by atomic mass is 16.5. The Morgan fingerprint density at radius 2 is 1.82 bits per heavy atom. The van der Waals surface area contributed by atoms with E-state index in [1.165, 1.54) is 5.56 Å². The van der Waals surface area contributed by atoms with E-state index in [0.717, 1.165) is 49.2 Å². The molecule has 0 unspecified atom stereocenters. The molecule has 1 aliphatic carbocycles. The topological polar surface area (TPSA) is 79.5 Å². The van der Waals surface area contributed by atoms with E-state index in [0.29, 0.717) is 24.7 Å². The molecule has 2 aliphatic rings. The average molecular weight is 379 g/mol. The number of nitrogens with one attached hydrogen (secondary N) is 3. The largest absolute Gasteiger partial charge is 0.493 e. The van der Waals surface area contributed by atoms with Crippen molar-refractivity contribution >= 4 is 17.6 Å². The van der Waals surface area contributed by atoms with Gasteiger partial charge < -0.3 is 20.7 Å². The average Bonchev–Trinajstić information content (AvgIpc) is 3.51. The number of ether oxygens (including phenoxy) is 1. The highest BCUT2D eigenvalue weighted by Gasteiger charge is 2.23. The first-order chi connectivity index (χ1) is 13.7. The van der Waals surface area contributed by atoms with Crippen molar-refractivity contribution in [3.63, 3.8) is 0 Å². The van der Waals surface area contributed by atoms with Gasteiger partial charge in [0.25, 0.3) is 0 Å². The van der Waals surface area contributed by atoms with Crippen LogP contribution in [0.5, 0.6) is 5.75 Å². The Balaban J connectivity index is 1.24. The Morgan fingerprint density at radius 1 is 1.04 bits per heavy atom. The van der Waals surface area contributed by atoms with Crippen LogP contribution < -0.4 is 20.7 Å². The number of hydrogen-bond donors (Lipinski definition) is 3. The second-order valence-electron chi connectivity index (χ2n) is 7.42. The molecule has 0 atom stereocenters. The number of anilines is 1. The first-order valence-corrected chi connectivity index (χ1v) is 9.83. The minimum Gasteiger partial charge on any atom is -0.493 e. The number of urea groups is 1. The SMILES string of the molecule is O=C(Cc1ccc(NC(=O)NCc2ccc3c(c2)CCCO3)cc1)NC1CC1. The van der Waals surface area contributed by atoms with E-state index < -0.39 is 0 Å². The smallest absolute Gasteiger partial charge is 0.319 e. The second-order valence-corrected chi connectivity index (χ2v) is 7.42. The number of rotatable bonds is 6. The summed E-state index contributed by atoms with van der Waals surface area (Å²) in [6, 6.07) is 13.5. The molecule has 0 aromatic heterocycles. The number of benzene rings is 2. The molecule has 4 rings (SSSR count). The van der Waals surface area contributed by atoms with Crippen LogP contribution in [0.15, 0.2) is 42.5 Å². The van der Waals surface area contributed by atoms with Gasteiger partial charge in [0, 0.05) is 18.3 Å². The lowest BCUT2D eigenvalue weighted by Gasteiger charge is -2.18. The molecule has 3 amide bonds. The zero-order valence-corrected chi connectivity index (χ0v) is 15.8. The molecule has 3 N–H and O–H groups in total. The summed E-state index contributed by atoms with van der Waals surface area (Å²) in [6.07, 6.45) is 4.58. The van der Waals surface area contributed by atoms with Gasteiger partial charge in [0.2, 0.25) is 5.91 Å². The standard InChI is InChI=1S/C22H25N3O3/c26-21(24-18-8-9-18)13-15-3-6-19(7-4-15)25-22(27)23-14-16-5-10-20-17(12-16)2-1-11-28-20/h3-7,10,12,18H,1-2,8-9,11,13-14H2,(H,24,26)(H2,23,25,27). The lowest BCUT2D eigenvalue weighted by Crippen LogP contribution is -2.28. The van der Waals surface area contributed by atoms with Crippen molar-refractivity contribution in [2.75, 3.05) is 11.9 Å². The Kier molecular flexibility index (Phi) is 5.46. The number of hydrogen-bond acceptors (Lipinski definition) is 3. The lowest BCUT2D eigenvalue weighted by atomic mass is 10.0. The molecule has 6 heteroatoms. The minimum atomic E-state index is -0.256. The maximum absolute atomic E-state index is 12.2. The number of fused-ring (bicyclic) bond motifs is 1. The van der Waals surface area contributed by atoms with E-state index >= 15 is 0 Å². The van der Waals surface area contributed by atoms with E-state index in [4.69, 9.17) is 4.74 Å². The molecule has 6 nitrogen and oxygen atoms in total. The molecule has 146 valence electrons. The summed E-state index contributed by atoms with van der Waals surface area (Å²) in [5, 5.41) is 8.67. The number of amides is 3. The van der Waals surface area contributed by atoms with Gasteiger partial charge in [0.1, 0.15) is 5.75 Å². The molecule has 2 aromatic rings. The number of carbonyl (C=O) groups is 2. The van der Waals surface area contributed by atoms with E-state index in [1.807, 2.05) is 36.4 Å². The van der Waals surface area contributed by atoms with Crippen LogP contribution in [0.1, 0.15) is 36.0 Å². The Morgan fingerprint density at radius 3 is 2.61 bits per heavy atom. The van der Waals surface area contributed by atoms with Crippen LogP contribution in [0.2, 0.25) is 0 Å². The van der Waals surface area contributed by atoms with Gasteiger partial charge in [-0.3, -0.25) is 4.79 Å². The van der Waals surface area contributed by atoms with Crippen molar-refractivity contribution in [2.24, 2.45) is 0 Å². The van der Waals surface area contributed by atoms with Crippen LogP contribution in [-0.2, 0) is 24.2 Å². The van der Waals surface area contributed by atoms with Crippen LogP contribution in [-0.4, -0.2) is 24.6 Å². The predicted molar refractivity (Wildman–Crippen MR) is 107 cm³/mol. The van der Waals surface area contributed by atoms with Gasteiger partial charge in [-0.2, -0.15) is 0 Å². The number of carbonyl (C=O) groups excluding carboxylic acids is 2. The zero-order valence-electron chi connectivity index (χ0n) is 15.8. The minimum absolute atomic E-state index is 0.0522. The van der Waals surface area contributed by atoms with Crippen molar-refractivity contribution in [1.82, 2.24) is 10.6 Å². The van der Waals surface area contributed by atoms with Crippen LogP contribution in [0.3, 0.4) is 0 Å². The zero-order chi connectivity index (χ0) is 19.3. The van der Waals surface area contributed by atoms with Crippen LogP contribution >= 0.6 is 0 Å². The Labute approximate surface area is 164 Å². The molecular weight excluding hydrogens is 354 g/mol. The van der Waals surface area contributed by atoms with E-state index in [9.17, 15) is 9.59 Å². The maximum Gasteiger partial charge on any atom is 0.319 e. The summed E-state index contributed by atoms with van der Waals surface area (Å²) in [5.41, 5.74) is 3.88. The maximum atomic E-state index is 12.2. The highest BCUT2D eigenvalue weighted by Crippen LogP contribution is 2.25.